The molecule has 3 rings (SSSR count). The molecule has 0 aliphatic heterocycles. The number of nitrogens with two attached hydrogens (primary N) is 1. The highest BCUT2D eigenvalue weighted by Gasteiger charge is 2.21. The molecule has 0 atom stereocenters. The largest absolute Gasteiger partial charge is 0.397 e. The van der Waals surface area contributed by atoms with E-state index in [0.717, 1.165) is 5.56 Å². The van der Waals surface area contributed by atoms with Crippen LogP contribution in [0.1, 0.15) is 11.1 Å². The molecular formula is C18H16N6O3S. The fraction of sp³-hybridized carbons (Fsp3) is 0.0556. The zero-order valence-electron chi connectivity index (χ0n) is 14.7. The van der Waals surface area contributed by atoms with E-state index in [9.17, 15) is 18.5 Å². The fourth-order valence-corrected chi connectivity index (χ4v) is 3.35. The fourth-order valence-electron chi connectivity index (χ4n) is 2.45. The molecule has 10 heteroatoms. The molecular weight excluding hydrogens is 380 g/mol. The quantitative estimate of drug-likeness (QED) is 0.577. The Morgan fingerprint density at radius 3 is 2.50 bits per heavy atom. The van der Waals surface area contributed by atoms with Crippen LogP contribution in [0.25, 0.3) is 5.69 Å². The summed E-state index contributed by atoms with van der Waals surface area (Å²) >= 11 is 0. The number of anilines is 2. The first kappa shape index (κ1) is 18.9. The van der Waals surface area contributed by atoms with Gasteiger partial charge in [-0.2, -0.15) is 10.4 Å². The summed E-state index contributed by atoms with van der Waals surface area (Å²) < 4.78 is 27.9. The molecule has 0 bridgehead atoms. The van der Waals surface area contributed by atoms with Gasteiger partial charge in [0.25, 0.3) is 10.0 Å². The number of nitriles is 1. The van der Waals surface area contributed by atoms with Gasteiger partial charge < -0.3 is 5.73 Å². The number of rotatable bonds is 4. The number of sulfonamides is 1. The van der Waals surface area contributed by atoms with Crippen molar-refractivity contribution in [2.24, 2.45) is 0 Å². The van der Waals surface area contributed by atoms with Gasteiger partial charge in [0.1, 0.15) is 11.6 Å². The topological polar surface area (TPSA) is 143 Å². The first-order valence-electron chi connectivity index (χ1n) is 8.05. The maximum absolute atomic E-state index is 12.4. The number of para-hydroxylation sites is 2. The molecule has 2 aromatic carbocycles. The van der Waals surface area contributed by atoms with Crippen molar-refractivity contribution in [1.29, 1.82) is 5.26 Å². The van der Waals surface area contributed by atoms with Crippen molar-refractivity contribution in [3.63, 3.8) is 0 Å². The number of hydrogen-bond acceptors (Lipinski definition) is 6. The van der Waals surface area contributed by atoms with E-state index in [1.54, 1.807) is 36.4 Å². The number of carbonyl (C=O) groups is 1. The van der Waals surface area contributed by atoms with Crippen molar-refractivity contribution in [2.45, 2.75) is 11.8 Å². The van der Waals surface area contributed by atoms with Gasteiger partial charge in [0.2, 0.25) is 0 Å². The Bertz CT molecular complexity index is 1180. The van der Waals surface area contributed by atoms with Gasteiger partial charge >= 0.3 is 6.03 Å². The summed E-state index contributed by atoms with van der Waals surface area (Å²) in [5.41, 5.74) is 7.65. The number of nitrogens with zero attached hydrogens (tertiary/aromatic N) is 3. The van der Waals surface area contributed by atoms with E-state index >= 15 is 0 Å². The first-order valence-corrected chi connectivity index (χ1v) is 9.53. The molecule has 0 radical (unpaired) electrons. The highest BCUT2D eigenvalue weighted by Crippen LogP contribution is 2.23. The van der Waals surface area contributed by atoms with Crippen LogP contribution in [-0.2, 0) is 10.0 Å². The summed E-state index contributed by atoms with van der Waals surface area (Å²) in [5.74, 6) is -0.00277. The summed E-state index contributed by atoms with van der Waals surface area (Å²) in [4.78, 5) is 12.3. The molecule has 2 amide bonds. The van der Waals surface area contributed by atoms with Gasteiger partial charge in [0, 0.05) is 0 Å². The van der Waals surface area contributed by atoms with Crippen LogP contribution in [0.15, 0.2) is 59.6 Å². The lowest BCUT2D eigenvalue weighted by Crippen LogP contribution is -2.35. The average molecular weight is 396 g/mol. The Morgan fingerprint density at radius 2 is 1.86 bits per heavy atom. The molecule has 3 aromatic rings. The lowest BCUT2D eigenvalue weighted by molar-refractivity contribution is 0.256. The smallest absolute Gasteiger partial charge is 0.334 e. The van der Waals surface area contributed by atoms with Crippen molar-refractivity contribution in [3.8, 4) is 11.8 Å². The zero-order valence-corrected chi connectivity index (χ0v) is 15.6. The number of hydrogen-bond donors (Lipinski definition) is 3. The van der Waals surface area contributed by atoms with Gasteiger partial charge in [-0.1, -0.05) is 29.8 Å². The third-order valence-corrected chi connectivity index (χ3v) is 5.19. The third kappa shape index (κ3) is 3.79. The van der Waals surface area contributed by atoms with E-state index in [1.807, 2.05) is 17.7 Å². The normalized spacial score (nSPS) is 10.9. The van der Waals surface area contributed by atoms with Crippen molar-refractivity contribution in [1.82, 2.24) is 14.5 Å². The number of carbonyl (C=O) groups excluding carboxylic acids is 1. The van der Waals surface area contributed by atoms with Crippen LogP contribution in [0.3, 0.4) is 0 Å². The summed E-state index contributed by atoms with van der Waals surface area (Å²) in [6, 6.07) is 13.6. The lowest BCUT2D eigenvalue weighted by atomic mass is 10.2. The monoisotopic (exact) mass is 396 g/mol. The molecule has 0 fully saturated rings. The van der Waals surface area contributed by atoms with Crippen LogP contribution < -0.4 is 15.8 Å². The second-order valence-electron chi connectivity index (χ2n) is 5.86. The van der Waals surface area contributed by atoms with Crippen molar-refractivity contribution < 1.29 is 13.2 Å². The van der Waals surface area contributed by atoms with Crippen LogP contribution in [0.2, 0.25) is 0 Å². The second kappa shape index (κ2) is 7.42. The molecule has 0 aliphatic carbocycles. The summed E-state index contributed by atoms with van der Waals surface area (Å²) in [6.07, 6.45) is 1.25. The summed E-state index contributed by atoms with van der Waals surface area (Å²) in [5, 5.41) is 15.7. The number of benzene rings is 2. The van der Waals surface area contributed by atoms with Gasteiger partial charge in [0.05, 0.1) is 22.5 Å². The van der Waals surface area contributed by atoms with E-state index < -0.39 is 16.1 Å². The minimum atomic E-state index is -4.08. The Kier molecular flexibility index (Phi) is 5.02. The van der Waals surface area contributed by atoms with Crippen molar-refractivity contribution >= 4 is 27.6 Å². The molecule has 1 aromatic heterocycles. The van der Waals surface area contributed by atoms with Crippen molar-refractivity contribution in [3.05, 3.63) is 65.9 Å². The van der Waals surface area contributed by atoms with Crippen LogP contribution >= 0.6 is 0 Å². The number of amides is 2. The van der Waals surface area contributed by atoms with E-state index in [2.05, 4.69) is 10.4 Å². The predicted octanol–water partition coefficient (Wildman–Crippen LogP) is 2.14. The maximum Gasteiger partial charge on any atom is 0.334 e. The molecule has 0 saturated heterocycles. The minimum Gasteiger partial charge on any atom is -0.397 e. The molecule has 142 valence electrons. The van der Waals surface area contributed by atoms with Crippen LogP contribution in [0.4, 0.5) is 16.3 Å². The molecule has 9 nitrogen and oxygen atoms in total. The molecule has 1 heterocycles. The minimum absolute atomic E-state index is 0.00277. The summed E-state index contributed by atoms with van der Waals surface area (Å²) in [6.45, 7) is 1.82. The number of nitrogens with one attached hydrogen (secondary N) is 2. The average Bonchev–Trinajstić information content (AvgIpc) is 3.04. The van der Waals surface area contributed by atoms with Crippen LogP contribution in [0, 0.1) is 18.3 Å². The maximum atomic E-state index is 12.4. The molecule has 0 aliphatic rings. The molecule has 28 heavy (non-hydrogen) atoms. The van der Waals surface area contributed by atoms with E-state index in [1.165, 1.54) is 23.0 Å². The molecule has 0 spiro atoms. The van der Waals surface area contributed by atoms with E-state index in [-0.39, 0.29) is 16.3 Å². The third-order valence-electron chi connectivity index (χ3n) is 3.84. The Hall–Kier alpha value is -3.84. The Balaban J connectivity index is 1.89. The van der Waals surface area contributed by atoms with Gasteiger partial charge in [-0.25, -0.2) is 22.6 Å². The molecule has 0 saturated carbocycles. The number of urea groups is 1. The Morgan fingerprint density at radius 1 is 1.18 bits per heavy atom. The summed E-state index contributed by atoms with van der Waals surface area (Å²) in [7, 11) is -4.08. The number of nitrogen functional groups attached to an aromatic ring is 1. The highest BCUT2D eigenvalue weighted by atomic mass is 32.2. The van der Waals surface area contributed by atoms with Gasteiger partial charge in [0.15, 0.2) is 5.82 Å². The van der Waals surface area contributed by atoms with Gasteiger partial charge in [-0.15, -0.1) is 0 Å². The van der Waals surface area contributed by atoms with Crippen LogP contribution in [0.5, 0.6) is 0 Å². The second-order valence-corrected chi connectivity index (χ2v) is 7.54. The van der Waals surface area contributed by atoms with E-state index in [0.29, 0.717) is 11.4 Å². The standard InChI is InChI=1S/C18H16N6O3S/c1-12-6-8-14(9-7-12)28(26,27)23-18(25)22-17-13(10-19)11-21-24(17)16-5-3-2-4-15(16)20/h2-9,11H,20H2,1H3,(H2,22,23,25). The molecule has 0 unspecified atom stereocenters. The van der Waals surface area contributed by atoms with Gasteiger partial charge in [-0.05, 0) is 31.2 Å². The highest BCUT2D eigenvalue weighted by molar-refractivity contribution is 7.90. The number of aryl methyl sites for hydroxylation is 1. The number of aromatic nitrogens is 2. The first-order chi connectivity index (χ1) is 13.3. The van der Waals surface area contributed by atoms with E-state index in [4.69, 9.17) is 5.73 Å². The lowest BCUT2D eigenvalue weighted by Gasteiger charge is -2.12. The SMILES string of the molecule is Cc1ccc(S(=O)(=O)NC(=O)Nc2c(C#N)cnn2-c2ccccc2N)cc1. The molecule has 4 N–H and O–H groups in total. The van der Waals surface area contributed by atoms with Gasteiger partial charge in [-0.3, -0.25) is 5.32 Å². The van der Waals surface area contributed by atoms with Crippen LogP contribution in [-0.4, -0.2) is 24.2 Å². The van der Waals surface area contributed by atoms with Crippen molar-refractivity contribution in [2.75, 3.05) is 11.1 Å². The predicted molar refractivity (Wildman–Crippen MR) is 103 cm³/mol. The Labute approximate surface area is 161 Å². The zero-order chi connectivity index (χ0) is 20.3.